The van der Waals surface area contributed by atoms with Crippen LogP contribution in [0.4, 0.5) is 0 Å². The molecule has 3 aromatic heterocycles. The first-order valence-electron chi connectivity index (χ1n) is 19.6. The van der Waals surface area contributed by atoms with Crippen LogP contribution in [-0.4, -0.2) is 14.5 Å². The predicted molar refractivity (Wildman–Crippen MR) is 235 cm³/mol. The Labute approximate surface area is 329 Å². The molecule has 0 atom stereocenters. The van der Waals surface area contributed by atoms with Gasteiger partial charge in [-0.2, -0.15) is 0 Å². The zero-order chi connectivity index (χ0) is 37.8. The highest BCUT2D eigenvalue weighted by atomic mass is 16.3. The lowest BCUT2D eigenvalue weighted by atomic mass is 9.81. The molecule has 0 spiro atoms. The van der Waals surface area contributed by atoms with Gasteiger partial charge in [0.2, 0.25) is 0 Å². The van der Waals surface area contributed by atoms with Crippen molar-refractivity contribution in [2.75, 3.05) is 0 Å². The molecule has 1 aliphatic rings. The number of para-hydroxylation sites is 5. The van der Waals surface area contributed by atoms with Crippen LogP contribution in [0.2, 0.25) is 0 Å². The van der Waals surface area contributed by atoms with Crippen molar-refractivity contribution in [3.05, 3.63) is 187 Å². The lowest BCUT2D eigenvalue weighted by Gasteiger charge is -2.22. The Morgan fingerprint density at radius 1 is 0.474 bits per heavy atom. The summed E-state index contributed by atoms with van der Waals surface area (Å²) in [4.78, 5) is 10.6. The Hall–Kier alpha value is -7.30. The third-order valence-electron chi connectivity index (χ3n) is 12.2. The number of fused-ring (bicyclic) bond motifs is 11. The molecule has 0 aliphatic heterocycles. The Kier molecular flexibility index (Phi) is 6.65. The van der Waals surface area contributed by atoms with Gasteiger partial charge in [0.05, 0.1) is 22.2 Å². The van der Waals surface area contributed by atoms with Gasteiger partial charge in [-0.05, 0) is 76.3 Å². The molecule has 8 aromatic carbocycles. The molecule has 4 nitrogen and oxygen atoms in total. The number of benzene rings is 8. The van der Waals surface area contributed by atoms with E-state index in [0.29, 0.717) is 0 Å². The van der Waals surface area contributed by atoms with Crippen LogP contribution in [0.25, 0.3) is 105 Å². The van der Waals surface area contributed by atoms with Crippen molar-refractivity contribution >= 4 is 54.6 Å². The van der Waals surface area contributed by atoms with Crippen LogP contribution < -0.4 is 0 Å². The number of furan rings is 1. The van der Waals surface area contributed by atoms with Crippen molar-refractivity contribution < 1.29 is 4.42 Å². The molecule has 0 N–H and O–H groups in total. The highest BCUT2D eigenvalue weighted by Crippen LogP contribution is 2.51. The van der Waals surface area contributed by atoms with Crippen LogP contribution in [0.1, 0.15) is 25.0 Å². The number of hydrogen-bond donors (Lipinski definition) is 0. The number of rotatable bonds is 4. The van der Waals surface area contributed by atoms with Crippen molar-refractivity contribution in [2.45, 2.75) is 19.3 Å². The zero-order valence-electron chi connectivity index (χ0n) is 31.5. The van der Waals surface area contributed by atoms with Crippen molar-refractivity contribution in [1.29, 1.82) is 0 Å². The molecule has 4 heteroatoms. The Balaban J connectivity index is 1.11. The molecule has 0 unspecified atom stereocenters. The van der Waals surface area contributed by atoms with Crippen molar-refractivity contribution in [3.63, 3.8) is 0 Å². The molecule has 0 saturated heterocycles. The van der Waals surface area contributed by atoms with Gasteiger partial charge in [0.1, 0.15) is 17.0 Å². The summed E-state index contributed by atoms with van der Waals surface area (Å²) in [5.41, 5.74) is 16.2. The number of imidazole rings is 1. The van der Waals surface area contributed by atoms with E-state index in [2.05, 4.69) is 182 Å². The maximum absolute atomic E-state index is 6.86. The Morgan fingerprint density at radius 3 is 2.00 bits per heavy atom. The second-order valence-electron chi connectivity index (χ2n) is 15.7. The molecular weight excluding hydrogens is 695 g/mol. The largest absolute Gasteiger partial charge is 0.455 e. The van der Waals surface area contributed by atoms with Gasteiger partial charge in [0, 0.05) is 54.7 Å². The lowest BCUT2D eigenvalue weighted by Crippen LogP contribution is -2.14. The first-order valence-corrected chi connectivity index (χ1v) is 19.6. The second-order valence-corrected chi connectivity index (χ2v) is 15.7. The van der Waals surface area contributed by atoms with E-state index in [9.17, 15) is 0 Å². The molecule has 0 saturated carbocycles. The van der Waals surface area contributed by atoms with Gasteiger partial charge in [-0.1, -0.05) is 141 Å². The average molecular weight is 730 g/mol. The molecule has 0 bridgehead atoms. The quantitative estimate of drug-likeness (QED) is 0.169. The third-order valence-corrected chi connectivity index (χ3v) is 12.2. The van der Waals surface area contributed by atoms with E-state index in [-0.39, 0.29) is 5.41 Å². The van der Waals surface area contributed by atoms with Crippen LogP contribution in [0, 0.1) is 0 Å². The second kappa shape index (κ2) is 11.8. The fourth-order valence-corrected chi connectivity index (χ4v) is 9.47. The van der Waals surface area contributed by atoms with E-state index < -0.39 is 0 Å². The summed E-state index contributed by atoms with van der Waals surface area (Å²) < 4.78 is 9.11. The Morgan fingerprint density at radius 2 is 1.14 bits per heavy atom. The highest BCUT2D eigenvalue weighted by molar-refractivity contribution is 6.30. The summed E-state index contributed by atoms with van der Waals surface area (Å²) in [6.45, 7) is 4.68. The summed E-state index contributed by atoms with van der Waals surface area (Å²) >= 11 is 0. The lowest BCUT2D eigenvalue weighted by molar-refractivity contribution is 0.660. The van der Waals surface area contributed by atoms with E-state index in [1.54, 1.807) is 0 Å². The predicted octanol–water partition coefficient (Wildman–Crippen LogP) is 13.9. The maximum Gasteiger partial charge on any atom is 0.145 e. The SMILES string of the molecule is CC1(C)c2ccccc2-c2ccc(-c3nc4ccccc4c4c3cc(-c3ccc(-c5nc6ccccc6n5-c5ccccc5)cc3)c3oc5ccccc5c34)cc21. The van der Waals surface area contributed by atoms with Gasteiger partial charge in [0.15, 0.2) is 0 Å². The molecule has 0 fully saturated rings. The van der Waals surface area contributed by atoms with Crippen LogP contribution in [-0.2, 0) is 5.41 Å². The first kappa shape index (κ1) is 32.0. The molecule has 0 radical (unpaired) electrons. The summed E-state index contributed by atoms with van der Waals surface area (Å²) in [5.74, 6) is 0.904. The number of aromatic nitrogens is 3. The van der Waals surface area contributed by atoms with E-state index in [4.69, 9.17) is 14.4 Å². The fraction of sp³-hybridized carbons (Fsp3) is 0.0566. The molecule has 57 heavy (non-hydrogen) atoms. The summed E-state index contributed by atoms with van der Waals surface area (Å²) in [7, 11) is 0. The zero-order valence-corrected chi connectivity index (χ0v) is 31.5. The monoisotopic (exact) mass is 729 g/mol. The summed E-state index contributed by atoms with van der Waals surface area (Å²) in [6, 6.07) is 62.6. The Bertz CT molecular complexity index is 3420. The van der Waals surface area contributed by atoms with Gasteiger partial charge in [0.25, 0.3) is 0 Å². The maximum atomic E-state index is 6.86. The van der Waals surface area contributed by atoms with Crippen molar-refractivity contribution in [3.8, 4) is 50.6 Å². The topological polar surface area (TPSA) is 43.9 Å². The van der Waals surface area contributed by atoms with Gasteiger partial charge in [-0.3, -0.25) is 4.57 Å². The van der Waals surface area contributed by atoms with Gasteiger partial charge in [-0.25, -0.2) is 9.97 Å². The number of nitrogens with zero attached hydrogens (tertiary/aromatic N) is 3. The standard InChI is InChI=1S/C53H35N3O/c1-53(2)42-19-9-6-16-36(42)37-29-28-34(30-43(37)53)50-41-31-40(51-49(39-18-8-13-23-47(39)57-51)48(41)38-17-7-10-20-44(38)54-50)32-24-26-33(27-25-32)52-55-45-21-11-12-22-46(45)56(52)35-14-4-3-5-15-35/h3-31H,1-2H3. The molecule has 12 rings (SSSR count). The van der Waals surface area contributed by atoms with Crippen LogP contribution >= 0.6 is 0 Å². The molecule has 11 aromatic rings. The average Bonchev–Trinajstić information content (AvgIpc) is 3.92. The van der Waals surface area contributed by atoms with E-state index in [1.165, 1.54) is 22.3 Å². The van der Waals surface area contributed by atoms with Crippen LogP contribution in [0.15, 0.2) is 180 Å². The van der Waals surface area contributed by atoms with Gasteiger partial charge >= 0.3 is 0 Å². The van der Waals surface area contributed by atoms with Gasteiger partial charge < -0.3 is 4.42 Å². The van der Waals surface area contributed by atoms with E-state index >= 15 is 0 Å². The van der Waals surface area contributed by atoms with Crippen molar-refractivity contribution in [1.82, 2.24) is 14.5 Å². The summed E-state index contributed by atoms with van der Waals surface area (Å²) in [6.07, 6.45) is 0. The number of hydrogen-bond acceptors (Lipinski definition) is 3. The van der Waals surface area contributed by atoms with Crippen LogP contribution in [0.5, 0.6) is 0 Å². The fourth-order valence-electron chi connectivity index (χ4n) is 9.47. The van der Waals surface area contributed by atoms with E-state index in [1.807, 2.05) is 12.1 Å². The molecule has 3 heterocycles. The minimum Gasteiger partial charge on any atom is -0.455 e. The van der Waals surface area contributed by atoms with Crippen LogP contribution in [0.3, 0.4) is 0 Å². The summed E-state index contributed by atoms with van der Waals surface area (Å²) in [5, 5.41) is 5.59. The van der Waals surface area contributed by atoms with Gasteiger partial charge in [-0.15, -0.1) is 0 Å². The molecule has 268 valence electrons. The third kappa shape index (κ3) is 4.62. The minimum absolute atomic E-state index is 0.128. The molecule has 1 aliphatic carbocycles. The minimum atomic E-state index is -0.128. The first-order chi connectivity index (χ1) is 28.0. The van der Waals surface area contributed by atoms with E-state index in [0.717, 1.165) is 94.1 Å². The smallest absolute Gasteiger partial charge is 0.145 e. The van der Waals surface area contributed by atoms with Crippen molar-refractivity contribution in [2.24, 2.45) is 0 Å². The normalized spacial score (nSPS) is 13.2. The highest BCUT2D eigenvalue weighted by Gasteiger charge is 2.35. The molecule has 0 amide bonds. The number of pyridine rings is 1. The molecular formula is C53H35N3O.